The second kappa shape index (κ2) is 4.28. The molecule has 0 saturated carbocycles. The van der Waals surface area contributed by atoms with Gasteiger partial charge in [-0.2, -0.15) is 0 Å². The van der Waals surface area contributed by atoms with Crippen molar-refractivity contribution < 1.29 is 23.2 Å². The summed E-state index contributed by atoms with van der Waals surface area (Å²) in [7, 11) is 0. The fourth-order valence-corrected chi connectivity index (χ4v) is 3.52. The molecule has 3 saturated heterocycles. The van der Waals surface area contributed by atoms with E-state index in [-0.39, 0.29) is 31.2 Å². The van der Waals surface area contributed by atoms with E-state index in [0.29, 0.717) is 10.8 Å². The summed E-state index contributed by atoms with van der Waals surface area (Å²) in [4.78, 5) is 11.2. The number of esters is 1. The largest absolute Gasteiger partial charge is 0.435 e. The number of rotatable bonds is 4. The zero-order valence-corrected chi connectivity index (χ0v) is 10.3. The van der Waals surface area contributed by atoms with Crippen molar-refractivity contribution >= 4 is 18.0 Å². The molecule has 0 aromatic rings. The molecule has 0 amide bonds. The van der Waals surface area contributed by atoms with Crippen molar-refractivity contribution in [2.24, 2.45) is 0 Å². The van der Waals surface area contributed by atoms with Crippen molar-refractivity contribution in [3.8, 4) is 0 Å². The van der Waals surface area contributed by atoms with E-state index < -0.39 is 5.97 Å². The van der Waals surface area contributed by atoms with Gasteiger partial charge in [0.25, 0.3) is 0 Å². The lowest BCUT2D eigenvalue weighted by Crippen LogP contribution is -2.40. The molecular weight excluding hydrogens is 244 g/mol. The molecule has 0 N–H and O–H groups in total. The molecule has 0 aliphatic carbocycles. The summed E-state index contributed by atoms with van der Waals surface area (Å²) < 4.78 is 21.7. The van der Waals surface area contributed by atoms with Crippen LogP contribution in [0.15, 0.2) is 12.2 Å². The molecule has 2 bridgehead atoms. The van der Waals surface area contributed by atoms with Crippen LogP contribution in [0.5, 0.6) is 0 Å². The Balaban J connectivity index is 1.50. The molecule has 3 heterocycles. The first-order valence-electron chi connectivity index (χ1n) is 5.58. The molecule has 0 aromatic heterocycles. The number of hydrogen-bond acceptors (Lipinski definition) is 6. The molecule has 5 nitrogen and oxygen atoms in total. The number of fused-ring (bicyclic) bond motifs is 1. The standard InChI is InChI=1S/C11H14O5S/c1-5(2)11(12)14-4-13-8-6-3-7-9(15-6)10(8)16-17-7/h6-10H,1,3-4H2,2H3. The summed E-state index contributed by atoms with van der Waals surface area (Å²) in [6, 6.07) is 0. The van der Waals surface area contributed by atoms with Crippen molar-refractivity contribution in [2.45, 2.75) is 43.0 Å². The van der Waals surface area contributed by atoms with Crippen LogP contribution in [-0.4, -0.2) is 42.4 Å². The van der Waals surface area contributed by atoms with Crippen LogP contribution in [0.4, 0.5) is 0 Å². The number of hydrogen-bond donors (Lipinski definition) is 0. The second-order valence-corrected chi connectivity index (χ2v) is 5.52. The Morgan fingerprint density at radius 3 is 3.12 bits per heavy atom. The minimum Gasteiger partial charge on any atom is -0.435 e. The van der Waals surface area contributed by atoms with Crippen LogP contribution < -0.4 is 0 Å². The highest BCUT2D eigenvalue weighted by atomic mass is 32.2. The molecule has 0 radical (unpaired) electrons. The molecular formula is C11H14O5S. The van der Waals surface area contributed by atoms with Gasteiger partial charge in [-0.25, -0.2) is 4.79 Å². The molecule has 6 heteroatoms. The van der Waals surface area contributed by atoms with Gasteiger partial charge >= 0.3 is 5.97 Å². The van der Waals surface area contributed by atoms with E-state index >= 15 is 0 Å². The first-order valence-corrected chi connectivity index (χ1v) is 6.39. The Hall–Kier alpha value is -0.560. The predicted octanol–water partition coefficient (Wildman–Crippen LogP) is 1.04. The Bertz CT molecular complexity index is 356. The maximum Gasteiger partial charge on any atom is 0.335 e. The topological polar surface area (TPSA) is 54.0 Å². The van der Waals surface area contributed by atoms with Crippen molar-refractivity contribution in [1.82, 2.24) is 0 Å². The second-order valence-electron chi connectivity index (χ2n) is 4.53. The van der Waals surface area contributed by atoms with Crippen LogP contribution >= 0.6 is 12.0 Å². The van der Waals surface area contributed by atoms with E-state index in [1.807, 2.05) is 0 Å². The first kappa shape index (κ1) is 11.5. The van der Waals surface area contributed by atoms with Crippen LogP contribution in [0.1, 0.15) is 13.3 Å². The predicted molar refractivity (Wildman–Crippen MR) is 60.2 cm³/mol. The van der Waals surface area contributed by atoms with Crippen molar-refractivity contribution in [3.05, 3.63) is 12.2 Å². The van der Waals surface area contributed by atoms with Crippen LogP contribution in [-0.2, 0) is 23.2 Å². The van der Waals surface area contributed by atoms with Gasteiger partial charge in [-0.3, -0.25) is 0 Å². The fraction of sp³-hybridized carbons (Fsp3) is 0.727. The van der Waals surface area contributed by atoms with Crippen LogP contribution in [0.3, 0.4) is 0 Å². The summed E-state index contributed by atoms with van der Waals surface area (Å²) in [5.74, 6) is -0.436. The van der Waals surface area contributed by atoms with Crippen LogP contribution in [0.25, 0.3) is 0 Å². The van der Waals surface area contributed by atoms with Crippen LogP contribution in [0.2, 0.25) is 0 Å². The lowest BCUT2D eigenvalue weighted by molar-refractivity contribution is -0.162. The Morgan fingerprint density at radius 2 is 2.35 bits per heavy atom. The molecule has 0 aromatic carbocycles. The third kappa shape index (κ3) is 1.89. The average molecular weight is 258 g/mol. The van der Waals surface area contributed by atoms with Crippen LogP contribution in [0, 0.1) is 0 Å². The molecule has 17 heavy (non-hydrogen) atoms. The third-order valence-corrected chi connectivity index (χ3v) is 4.31. The molecule has 5 unspecified atom stereocenters. The van der Waals surface area contributed by atoms with Gasteiger partial charge in [0.2, 0.25) is 0 Å². The quantitative estimate of drug-likeness (QED) is 0.325. The Kier molecular flexibility index (Phi) is 2.90. The molecule has 3 rings (SSSR count). The van der Waals surface area contributed by atoms with E-state index in [0.717, 1.165) is 6.42 Å². The summed E-state index contributed by atoms with van der Waals surface area (Å²) in [5.41, 5.74) is 0.366. The highest BCUT2D eigenvalue weighted by molar-refractivity contribution is 7.95. The van der Waals surface area contributed by atoms with Gasteiger partial charge in [-0.1, -0.05) is 6.58 Å². The molecule has 0 spiro atoms. The highest BCUT2D eigenvalue weighted by Crippen LogP contribution is 2.50. The zero-order chi connectivity index (χ0) is 12.0. The molecule has 3 fully saturated rings. The van der Waals surface area contributed by atoms with Gasteiger partial charge in [0.1, 0.15) is 18.3 Å². The molecule has 3 aliphatic heterocycles. The Morgan fingerprint density at radius 1 is 1.53 bits per heavy atom. The normalized spacial score (nSPS) is 41.8. The Labute approximate surface area is 104 Å². The van der Waals surface area contributed by atoms with E-state index in [1.165, 1.54) is 12.0 Å². The van der Waals surface area contributed by atoms with Gasteiger partial charge in [0.05, 0.1) is 11.4 Å². The summed E-state index contributed by atoms with van der Waals surface area (Å²) in [5, 5.41) is 0.447. The minimum absolute atomic E-state index is 0.0210. The molecule has 5 atom stereocenters. The lowest BCUT2D eigenvalue weighted by atomic mass is 9.94. The number of ether oxygens (including phenoxy) is 3. The minimum atomic E-state index is -0.436. The highest BCUT2D eigenvalue weighted by Gasteiger charge is 2.60. The van der Waals surface area contributed by atoms with Gasteiger partial charge in [-0.15, -0.1) is 0 Å². The molecule has 94 valence electrons. The SMILES string of the molecule is C=C(C)C(=O)OCOC1C2CC3SOC1C3O2. The third-order valence-electron chi connectivity index (χ3n) is 3.27. The maximum absolute atomic E-state index is 11.2. The smallest absolute Gasteiger partial charge is 0.335 e. The average Bonchev–Trinajstić information content (AvgIpc) is 2.88. The molecule has 3 aliphatic rings. The lowest BCUT2D eigenvalue weighted by Gasteiger charge is -2.22. The van der Waals surface area contributed by atoms with E-state index in [4.69, 9.17) is 18.4 Å². The fourth-order valence-electron chi connectivity index (χ4n) is 2.44. The zero-order valence-electron chi connectivity index (χ0n) is 9.46. The summed E-state index contributed by atoms with van der Waals surface area (Å²) in [6.07, 6.45) is 1.03. The van der Waals surface area contributed by atoms with Gasteiger partial charge in [0, 0.05) is 5.57 Å². The summed E-state index contributed by atoms with van der Waals surface area (Å²) >= 11 is 1.48. The maximum atomic E-state index is 11.2. The van der Waals surface area contributed by atoms with E-state index in [1.54, 1.807) is 6.92 Å². The van der Waals surface area contributed by atoms with E-state index in [2.05, 4.69) is 6.58 Å². The first-order chi connectivity index (χ1) is 8.16. The van der Waals surface area contributed by atoms with Crippen molar-refractivity contribution in [2.75, 3.05) is 6.79 Å². The van der Waals surface area contributed by atoms with Gasteiger partial charge in [-0.05, 0) is 25.4 Å². The van der Waals surface area contributed by atoms with E-state index in [9.17, 15) is 4.79 Å². The van der Waals surface area contributed by atoms with Crippen molar-refractivity contribution in [3.63, 3.8) is 0 Å². The monoisotopic (exact) mass is 258 g/mol. The summed E-state index contributed by atoms with van der Waals surface area (Å²) in [6.45, 7) is 5.03. The number of carbonyl (C=O) groups excluding carboxylic acids is 1. The van der Waals surface area contributed by atoms with Crippen molar-refractivity contribution in [1.29, 1.82) is 0 Å². The van der Waals surface area contributed by atoms with Gasteiger partial charge < -0.3 is 18.4 Å². The number of carbonyl (C=O) groups is 1. The van der Waals surface area contributed by atoms with Gasteiger partial charge in [0.15, 0.2) is 6.79 Å².